The van der Waals surface area contributed by atoms with Crippen molar-refractivity contribution in [3.8, 4) is 0 Å². The molecular formula is C10H10BrNO3S2. The summed E-state index contributed by atoms with van der Waals surface area (Å²) in [5.41, 5.74) is -1.11. The Hall–Kier alpha value is -0.530. The van der Waals surface area contributed by atoms with Crippen LogP contribution in [0.3, 0.4) is 0 Å². The maximum atomic E-state index is 12.0. The van der Waals surface area contributed by atoms with Gasteiger partial charge in [-0.3, -0.25) is 4.79 Å². The number of amides is 1. The second-order valence-electron chi connectivity index (χ2n) is 3.74. The minimum absolute atomic E-state index is 0.322. The molecule has 0 aliphatic carbocycles. The maximum Gasteiger partial charge on any atom is 0.330 e. The Morgan fingerprint density at radius 2 is 2.29 bits per heavy atom. The van der Waals surface area contributed by atoms with Gasteiger partial charge in [0, 0.05) is 10.2 Å². The van der Waals surface area contributed by atoms with E-state index in [1.54, 1.807) is 23.2 Å². The van der Waals surface area contributed by atoms with Crippen LogP contribution in [0.4, 0.5) is 0 Å². The first-order chi connectivity index (χ1) is 8.05. The summed E-state index contributed by atoms with van der Waals surface area (Å²) < 4.78 is 0.700. The van der Waals surface area contributed by atoms with Crippen LogP contribution in [-0.2, 0) is 4.79 Å². The van der Waals surface area contributed by atoms with Crippen molar-refractivity contribution in [2.75, 3.05) is 11.5 Å². The lowest BCUT2D eigenvalue weighted by Crippen LogP contribution is -2.54. The average Bonchev–Trinajstić information content (AvgIpc) is 2.87. The Morgan fingerprint density at radius 3 is 2.76 bits per heavy atom. The fourth-order valence-electron chi connectivity index (χ4n) is 1.62. The second-order valence-corrected chi connectivity index (χ2v) is 6.62. The van der Waals surface area contributed by atoms with Crippen LogP contribution in [0.5, 0.6) is 0 Å². The van der Waals surface area contributed by atoms with Crippen LogP contribution in [0.25, 0.3) is 0 Å². The zero-order chi connectivity index (χ0) is 12.5. The van der Waals surface area contributed by atoms with Gasteiger partial charge in [-0.05, 0) is 39.6 Å². The molecule has 92 valence electrons. The lowest BCUT2D eigenvalue weighted by atomic mass is 9.99. The van der Waals surface area contributed by atoms with Crippen LogP contribution >= 0.6 is 39.0 Å². The third-order valence-electron chi connectivity index (χ3n) is 2.61. The molecule has 0 unspecified atom stereocenters. The molecule has 1 amide bonds. The molecule has 7 heteroatoms. The second kappa shape index (κ2) is 4.99. The molecule has 2 N–H and O–H groups in total. The Morgan fingerprint density at radius 1 is 1.53 bits per heavy atom. The van der Waals surface area contributed by atoms with Crippen LogP contribution in [0.2, 0.25) is 0 Å². The minimum atomic E-state index is -1.11. The summed E-state index contributed by atoms with van der Waals surface area (Å²) in [4.78, 5) is 23.8. The summed E-state index contributed by atoms with van der Waals surface area (Å²) in [6.07, 6.45) is 0.474. The molecule has 0 spiro atoms. The number of carboxylic acids is 1. The first-order valence-electron chi connectivity index (χ1n) is 4.92. The number of carboxylic acid groups (broad SMARTS) is 1. The van der Waals surface area contributed by atoms with E-state index in [0.29, 0.717) is 21.5 Å². The molecule has 0 bridgehead atoms. The van der Waals surface area contributed by atoms with Gasteiger partial charge in [-0.15, -0.1) is 11.3 Å². The summed E-state index contributed by atoms with van der Waals surface area (Å²) in [6, 6.07) is 1.77. The molecule has 17 heavy (non-hydrogen) atoms. The van der Waals surface area contributed by atoms with Crippen LogP contribution in [0.1, 0.15) is 16.1 Å². The third kappa shape index (κ3) is 2.51. The molecule has 0 saturated carbocycles. The first kappa shape index (κ1) is 12.9. The monoisotopic (exact) mass is 335 g/mol. The standard InChI is InChI=1S/C10H10BrNO3S2/c11-6-1-3-17-7(6)8(13)12-10(9(14)15)2-4-16-5-10/h1,3H,2,4-5H2,(H,12,13)(H,14,15)/t10-/m1/s1. The highest BCUT2D eigenvalue weighted by molar-refractivity contribution is 9.10. The van der Waals surface area contributed by atoms with E-state index in [2.05, 4.69) is 21.2 Å². The summed E-state index contributed by atoms with van der Waals surface area (Å²) >= 11 is 6.11. The van der Waals surface area contributed by atoms with Gasteiger partial charge in [0.25, 0.3) is 5.91 Å². The zero-order valence-corrected chi connectivity index (χ0v) is 12.0. The zero-order valence-electron chi connectivity index (χ0n) is 8.73. The lowest BCUT2D eigenvalue weighted by Gasteiger charge is -2.24. The van der Waals surface area contributed by atoms with E-state index >= 15 is 0 Å². The Balaban J connectivity index is 2.17. The van der Waals surface area contributed by atoms with E-state index in [0.717, 1.165) is 5.75 Å². The first-order valence-corrected chi connectivity index (χ1v) is 7.74. The number of carbonyl (C=O) groups is 2. The number of nitrogens with one attached hydrogen (secondary N) is 1. The SMILES string of the molecule is O=C(N[C@]1(C(=O)O)CCSC1)c1sccc1Br. The average molecular weight is 336 g/mol. The molecule has 1 aromatic rings. The summed E-state index contributed by atoms with van der Waals surface area (Å²) in [5.74, 6) is -0.0878. The molecule has 1 atom stereocenters. The van der Waals surface area contributed by atoms with Gasteiger partial charge in [0.1, 0.15) is 10.4 Å². The fraction of sp³-hybridized carbons (Fsp3) is 0.400. The summed E-state index contributed by atoms with van der Waals surface area (Å²) in [5, 5.41) is 13.7. The van der Waals surface area contributed by atoms with Gasteiger partial charge in [0.15, 0.2) is 0 Å². The Labute approximate surface area is 115 Å². The smallest absolute Gasteiger partial charge is 0.330 e. The molecule has 0 radical (unpaired) electrons. The van der Waals surface area contributed by atoms with Gasteiger partial charge < -0.3 is 10.4 Å². The van der Waals surface area contributed by atoms with E-state index in [-0.39, 0.29) is 5.91 Å². The van der Waals surface area contributed by atoms with Gasteiger partial charge in [-0.1, -0.05) is 0 Å². The molecule has 1 saturated heterocycles. The van der Waals surface area contributed by atoms with Gasteiger partial charge in [0.2, 0.25) is 0 Å². The molecule has 4 nitrogen and oxygen atoms in total. The topological polar surface area (TPSA) is 66.4 Å². The molecule has 1 fully saturated rings. The van der Waals surface area contributed by atoms with E-state index in [4.69, 9.17) is 0 Å². The number of rotatable bonds is 3. The van der Waals surface area contributed by atoms with Crippen LogP contribution in [0, 0.1) is 0 Å². The van der Waals surface area contributed by atoms with E-state index in [1.165, 1.54) is 11.3 Å². The van der Waals surface area contributed by atoms with E-state index in [1.807, 2.05) is 0 Å². The highest BCUT2D eigenvalue weighted by atomic mass is 79.9. The number of hydrogen-bond acceptors (Lipinski definition) is 4. The summed E-state index contributed by atoms with van der Waals surface area (Å²) in [6.45, 7) is 0. The van der Waals surface area contributed by atoms with Gasteiger partial charge in [-0.2, -0.15) is 11.8 Å². The van der Waals surface area contributed by atoms with Crippen molar-refractivity contribution < 1.29 is 14.7 Å². The van der Waals surface area contributed by atoms with Crippen LogP contribution in [-0.4, -0.2) is 34.0 Å². The van der Waals surface area contributed by atoms with Crippen molar-refractivity contribution in [3.63, 3.8) is 0 Å². The molecule has 2 rings (SSSR count). The Bertz CT molecular complexity index is 454. The van der Waals surface area contributed by atoms with Crippen LogP contribution < -0.4 is 5.32 Å². The fourth-order valence-corrected chi connectivity index (χ4v) is 4.39. The molecular weight excluding hydrogens is 326 g/mol. The molecule has 1 aromatic heterocycles. The van der Waals surface area contributed by atoms with Crippen molar-refractivity contribution >= 4 is 50.9 Å². The predicted molar refractivity (Wildman–Crippen MR) is 71.8 cm³/mol. The molecule has 0 aromatic carbocycles. The largest absolute Gasteiger partial charge is 0.479 e. The van der Waals surface area contributed by atoms with E-state index < -0.39 is 11.5 Å². The summed E-state index contributed by atoms with van der Waals surface area (Å²) in [7, 11) is 0. The van der Waals surface area contributed by atoms with Crippen molar-refractivity contribution in [2.24, 2.45) is 0 Å². The number of aliphatic carboxylic acids is 1. The molecule has 2 heterocycles. The number of halogens is 1. The van der Waals surface area contributed by atoms with Crippen molar-refractivity contribution in [3.05, 3.63) is 20.8 Å². The van der Waals surface area contributed by atoms with Gasteiger partial charge in [0.05, 0.1) is 0 Å². The highest BCUT2D eigenvalue weighted by Crippen LogP contribution is 2.30. The maximum absolute atomic E-state index is 12.0. The number of thiophene rings is 1. The van der Waals surface area contributed by atoms with Crippen LogP contribution in [0.15, 0.2) is 15.9 Å². The predicted octanol–water partition coefficient (Wildman–Crippen LogP) is 2.20. The van der Waals surface area contributed by atoms with Crippen molar-refractivity contribution in [1.29, 1.82) is 0 Å². The number of hydrogen-bond donors (Lipinski definition) is 2. The van der Waals surface area contributed by atoms with Gasteiger partial charge >= 0.3 is 5.97 Å². The Kier molecular flexibility index (Phi) is 3.79. The molecule has 1 aliphatic rings. The third-order valence-corrected chi connectivity index (χ3v) is 5.63. The molecule has 1 aliphatic heterocycles. The van der Waals surface area contributed by atoms with E-state index in [9.17, 15) is 14.7 Å². The minimum Gasteiger partial charge on any atom is -0.479 e. The number of carbonyl (C=O) groups excluding carboxylic acids is 1. The lowest BCUT2D eigenvalue weighted by molar-refractivity contribution is -0.143. The van der Waals surface area contributed by atoms with Crippen molar-refractivity contribution in [1.82, 2.24) is 5.32 Å². The highest BCUT2D eigenvalue weighted by Gasteiger charge is 2.43. The van der Waals surface area contributed by atoms with Crippen molar-refractivity contribution in [2.45, 2.75) is 12.0 Å². The number of thioether (sulfide) groups is 1. The van der Waals surface area contributed by atoms with Gasteiger partial charge in [-0.25, -0.2) is 4.79 Å². The quantitative estimate of drug-likeness (QED) is 0.888. The normalized spacial score (nSPS) is 23.6.